The van der Waals surface area contributed by atoms with Crippen molar-refractivity contribution in [3.05, 3.63) is 0 Å². The van der Waals surface area contributed by atoms with E-state index in [9.17, 15) is 9.59 Å². The molecule has 23 heavy (non-hydrogen) atoms. The number of urea groups is 1. The van der Waals surface area contributed by atoms with E-state index >= 15 is 0 Å². The van der Waals surface area contributed by atoms with Crippen LogP contribution in [0.1, 0.15) is 64.2 Å². The number of carbonyl (C=O) groups is 2. The second kappa shape index (κ2) is 6.58. The summed E-state index contributed by atoms with van der Waals surface area (Å²) in [6.45, 7) is 6.62. The minimum absolute atomic E-state index is 0.0386. The van der Waals surface area contributed by atoms with Crippen LogP contribution in [0.3, 0.4) is 0 Å². The van der Waals surface area contributed by atoms with E-state index in [2.05, 4.69) is 24.2 Å². The Morgan fingerprint density at radius 1 is 0.826 bits per heavy atom. The van der Waals surface area contributed by atoms with E-state index in [4.69, 9.17) is 0 Å². The molecule has 1 heterocycles. The largest absolute Gasteiger partial charge is 0.340 e. The zero-order valence-corrected chi connectivity index (χ0v) is 16.0. The Balaban J connectivity index is 1.88. The average molecular weight is 337 g/mol. The number of carbonyl (C=O) groups excluding carboxylic acids is 2. The maximum atomic E-state index is 13.3. The van der Waals surface area contributed by atoms with Gasteiger partial charge in [-0.3, -0.25) is 9.69 Å². The minimum atomic E-state index is -1.86. The summed E-state index contributed by atoms with van der Waals surface area (Å²) >= 11 is 0. The van der Waals surface area contributed by atoms with Crippen LogP contribution < -0.4 is 0 Å². The fourth-order valence-corrected chi connectivity index (χ4v) is 6.66. The van der Waals surface area contributed by atoms with E-state index in [1.807, 2.05) is 0 Å². The molecular formula is C18H32N2O2Si. The first-order valence-electron chi connectivity index (χ1n) is 9.57. The van der Waals surface area contributed by atoms with E-state index in [1.54, 1.807) is 4.90 Å². The van der Waals surface area contributed by atoms with Crippen molar-refractivity contribution in [1.29, 1.82) is 0 Å². The molecule has 0 bridgehead atoms. The van der Waals surface area contributed by atoms with Crippen LogP contribution in [0.4, 0.5) is 4.79 Å². The third-order valence-electron chi connectivity index (χ3n) is 5.94. The number of imide groups is 1. The van der Waals surface area contributed by atoms with E-state index in [0.29, 0.717) is 5.92 Å². The van der Waals surface area contributed by atoms with Gasteiger partial charge < -0.3 is 4.57 Å². The first-order valence-corrected chi connectivity index (χ1v) is 13.0. The van der Waals surface area contributed by atoms with Crippen LogP contribution in [0.5, 0.6) is 0 Å². The van der Waals surface area contributed by atoms with Crippen LogP contribution >= 0.6 is 0 Å². The summed E-state index contributed by atoms with van der Waals surface area (Å²) in [6.07, 6.45) is 11.5. The molecule has 3 aliphatic rings. The van der Waals surface area contributed by atoms with Crippen molar-refractivity contribution < 1.29 is 9.59 Å². The van der Waals surface area contributed by atoms with Gasteiger partial charge in [-0.2, -0.15) is 0 Å². The molecular weight excluding hydrogens is 304 g/mol. The van der Waals surface area contributed by atoms with Crippen LogP contribution in [0.15, 0.2) is 0 Å². The summed E-state index contributed by atoms with van der Waals surface area (Å²) in [5.41, 5.74) is 0. The van der Waals surface area contributed by atoms with Gasteiger partial charge >= 0.3 is 6.03 Å². The Labute approximate surface area is 141 Å². The van der Waals surface area contributed by atoms with Crippen LogP contribution in [-0.2, 0) is 4.79 Å². The monoisotopic (exact) mass is 336 g/mol. The summed E-state index contributed by atoms with van der Waals surface area (Å²) in [6, 6.07) is 0.0456. The topological polar surface area (TPSA) is 40.6 Å². The van der Waals surface area contributed by atoms with Gasteiger partial charge in [0.25, 0.3) is 5.91 Å². The first kappa shape index (κ1) is 17.0. The van der Waals surface area contributed by atoms with Gasteiger partial charge in [-0.15, -0.1) is 0 Å². The minimum Gasteiger partial charge on any atom is -0.340 e. The second-order valence-corrected chi connectivity index (χ2v) is 13.5. The van der Waals surface area contributed by atoms with Gasteiger partial charge in [-0.05, 0) is 31.6 Å². The molecule has 4 nitrogen and oxygen atoms in total. The van der Waals surface area contributed by atoms with Gasteiger partial charge in [0.1, 0.15) is 6.04 Å². The van der Waals surface area contributed by atoms with Gasteiger partial charge in [0, 0.05) is 6.04 Å². The predicted molar refractivity (Wildman–Crippen MR) is 94.7 cm³/mol. The van der Waals surface area contributed by atoms with Gasteiger partial charge in [0.15, 0.2) is 8.24 Å². The van der Waals surface area contributed by atoms with E-state index < -0.39 is 8.24 Å². The molecule has 130 valence electrons. The van der Waals surface area contributed by atoms with Gasteiger partial charge in [0.2, 0.25) is 0 Å². The second-order valence-electron chi connectivity index (χ2n) is 8.67. The summed E-state index contributed by atoms with van der Waals surface area (Å²) < 4.78 is 2.06. The van der Waals surface area contributed by atoms with Crippen molar-refractivity contribution >= 4 is 20.2 Å². The van der Waals surface area contributed by atoms with Crippen molar-refractivity contribution in [1.82, 2.24) is 9.47 Å². The summed E-state index contributed by atoms with van der Waals surface area (Å²) in [4.78, 5) is 28.1. The molecule has 0 aromatic carbocycles. The highest BCUT2D eigenvalue weighted by Crippen LogP contribution is 2.38. The zero-order chi connectivity index (χ0) is 16.6. The Bertz CT molecular complexity index is 462. The Kier molecular flexibility index (Phi) is 4.86. The lowest BCUT2D eigenvalue weighted by Gasteiger charge is -2.38. The molecule has 0 N–H and O–H groups in total. The average Bonchev–Trinajstić information content (AvgIpc) is 2.80. The molecule has 1 saturated heterocycles. The lowest BCUT2D eigenvalue weighted by molar-refractivity contribution is -0.131. The van der Waals surface area contributed by atoms with Gasteiger partial charge in [0.05, 0.1) is 0 Å². The lowest BCUT2D eigenvalue weighted by Crippen LogP contribution is -2.54. The number of rotatable bonds is 3. The van der Waals surface area contributed by atoms with Crippen LogP contribution in [0.25, 0.3) is 0 Å². The fourth-order valence-electron chi connectivity index (χ4n) is 4.82. The Morgan fingerprint density at radius 2 is 1.35 bits per heavy atom. The van der Waals surface area contributed by atoms with Crippen molar-refractivity contribution in [2.24, 2.45) is 5.92 Å². The standard InChI is InChI=1S/C18H32N2O2Si/c1-23(2,3)20-16(14-10-6-4-7-11-14)17(21)19(18(20)22)15-12-8-5-9-13-15/h14-16H,4-13H2,1-3H3. The van der Waals surface area contributed by atoms with E-state index in [0.717, 1.165) is 38.5 Å². The van der Waals surface area contributed by atoms with E-state index in [-0.39, 0.29) is 24.0 Å². The highest BCUT2D eigenvalue weighted by atomic mass is 28.3. The molecule has 2 aliphatic carbocycles. The molecule has 3 rings (SSSR count). The van der Waals surface area contributed by atoms with Crippen molar-refractivity contribution in [2.45, 2.75) is 95.9 Å². The van der Waals surface area contributed by atoms with E-state index in [1.165, 1.54) is 25.7 Å². The Morgan fingerprint density at radius 3 is 1.87 bits per heavy atom. The van der Waals surface area contributed by atoms with Crippen LogP contribution in [0, 0.1) is 5.92 Å². The molecule has 3 amide bonds. The molecule has 5 heteroatoms. The molecule has 0 spiro atoms. The Hall–Kier alpha value is -0.843. The molecule has 1 aliphatic heterocycles. The fraction of sp³-hybridized carbons (Fsp3) is 0.889. The maximum absolute atomic E-state index is 13.3. The van der Waals surface area contributed by atoms with Gasteiger partial charge in [-0.1, -0.05) is 58.2 Å². The van der Waals surface area contributed by atoms with Crippen LogP contribution in [0.2, 0.25) is 19.6 Å². The lowest BCUT2D eigenvalue weighted by atomic mass is 9.83. The van der Waals surface area contributed by atoms with Crippen molar-refractivity contribution in [2.75, 3.05) is 0 Å². The van der Waals surface area contributed by atoms with Gasteiger partial charge in [-0.25, -0.2) is 4.79 Å². The first-order chi connectivity index (χ1) is 10.9. The number of amides is 3. The summed E-state index contributed by atoms with van der Waals surface area (Å²) in [5.74, 6) is 0.525. The normalized spacial score (nSPS) is 28.7. The SMILES string of the molecule is C[Si](C)(C)N1C(=O)N(C2CCCCC2)C(=O)C1C1CCCCC1. The third kappa shape index (κ3) is 3.21. The summed E-state index contributed by atoms with van der Waals surface area (Å²) in [5, 5.41) is 0. The molecule has 1 unspecified atom stereocenters. The highest BCUT2D eigenvalue weighted by molar-refractivity contribution is 6.76. The molecule has 1 atom stereocenters. The van der Waals surface area contributed by atoms with Crippen molar-refractivity contribution in [3.63, 3.8) is 0 Å². The number of hydrogen-bond acceptors (Lipinski definition) is 2. The molecule has 3 fully saturated rings. The molecule has 0 aromatic heterocycles. The highest BCUT2D eigenvalue weighted by Gasteiger charge is 2.54. The molecule has 0 aromatic rings. The zero-order valence-electron chi connectivity index (χ0n) is 15.0. The smallest absolute Gasteiger partial charge is 0.319 e. The number of hydrogen-bond donors (Lipinski definition) is 0. The molecule has 0 radical (unpaired) electrons. The predicted octanol–water partition coefficient (Wildman–Crippen LogP) is 4.37. The maximum Gasteiger partial charge on any atom is 0.319 e. The molecule has 2 saturated carbocycles. The summed E-state index contributed by atoms with van der Waals surface area (Å²) in [7, 11) is -1.86. The van der Waals surface area contributed by atoms with Crippen LogP contribution in [-0.4, -0.2) is 41.7 Å². The quantitative estimate of drug-likeness (QED) is 0.567. The third-order valence-corrected chi connectivity index (χ3v) is 7.85. The number of nitrogens with zero attached hydrogens (tertiary/aromatic N) is 2. The van der Waals surface area contributed by atoms with Crippen molar-refractivity contribution in [3.8, 4) is 0 Å².